The fraction of sp³-hybridized carbons (Fsp3) is 0.125. The summed E-state index contributed by atoms with van der Waals surface area (Å²) in [5.74, 6) is 1.58. The maximum absolute atomic E-state index is 6.04. The monoisotopic (exact) mass is 594 g/mol. The fourth-order valence-corrected chi connectivity index (χ4v) is 5.93. The summed E-state index contributed by atoms with van der Waals surface area (Å²) >= 11 is 9.51. The van der Waals surface area contributed by atoms with Crippen LogP contribution in [0.3, 0.4) is 0 Å². The smallest absolute Gasteiger partial charge is 0.174 e. The average molecular weight is 596 g/mol. The molecular weight excluding hydrogens is 568 g/mol. The maximum atomic E-state index is 6.04. The molecule has 3 heterocycles. The molecule has 2 atom stereocenters. The number of ether oxygens (including phenoxy) is 1. The number of rotatable bonds is 6. The highest BCUT2D eigenvalue weighted by molar-refractivity contribution is 9.10. The van der Waals surface area contributed by atoms with Gasteiger partial charge in [0, 0.05) is 33.4 Å². The maximum Gasteiger partial charge on any atom is 0.174 e. The molecule has 194 valence electrons. The van der Waals surface area contributed by atoms with E-state index >= 15 is 0 Å². The van der Waals surface area contributed by atoms with Gasteiger partial charge in [-0.2, -0.15) is 0 Å². The van der Waals surface area contributed by atoms with Crippen molar-refractivity contribution in [3.8, 4) is 17.2 Å². The molecule has 0 amide bonds. The first-order valence-electron chi connectivity index (χ1n) is 12.8. The van der Waals surface area contributed by atoms with Gasteiger partial charge in [0.25, 0.3) is 0 Å². The first-order valence-corrected chi connectivity index (χ1v) is 14.0. The molecule has 3 aromatic carbocycles. The van der Waals surface area contributed by atoms with Crippen molar-refractivity contribution >= 4 is 38.9 Å². The second-order valence-electron chi connectivity index (χ2n) is 9.54. The summed E-state index contributed by atoms with van der Waals surface area (Å²) in [6.07, 6.45) is 1.83. The number of nitrogens with zero attached hydrogens (tertiary/aromatic N) is 3. The zero-order valence-corrected chi connectivity index (χ0v) is 24.0. The summed E-state index contributed by atoms with van der Waals surface area (Å²) < 4.78 is 9.39. The molecule has 1 aliphatic rings. The Morgan fingerprint density at radius 1 is 0.821 bits per heavy atom. The lowest BCUT2D eigenvalue weighted by Gasteiger charge is -2.28. The predicted molar refractivity (Wildman–Crippen MR) is 164 cm³/mol. The van der Waals surface area contributed by atoms with Crippen LogP contribution in [0.1, 0.15) is 34.7 Å². The third-order valence-electron chi connectivity index (χ3n) is 7.07. The quantitative estimate of drug-likeness (QED) is 0.201. The average Bonchev–Trinajstić information content (AvgIpc) is 3.45. The molecule has 0 aliphatic carbocycles. The molecule has 0 unspecified atom stereocenters. The van der Waals surface area contributed by atoms with Gasteiger partial charge in [-0.15, -0.1) is 0 Å². The van der Waals surface area contributed by atoms with E-state index in [4.69, 9.17) is 21.9 Å². The molecule has 1 fully saturated rings. The Morgan fingerprint density at radius 3 is 2.18 bits per heavy atom. The summed E-state index contributed by atoms with van der Waals surface area (Å²) in [4.78, 5) is 6.91. The molecule has 1 N–H and O–H groups in total. The Hall–Kier alpha value is -3.94. The standard InChI is InChI=1S/C32H27BrN4OS/c1-21-20-28(22(2)36(21)24-13-11-23(33)12-14-24)31-30(29-10-6-7-19-34-29)35-32(39)37(31)25-15-17-27(18-16-25)38-26-8-4-3-5-9-26/h3-20,30-31H,1-2H3,(H,35,39)/t30-,31+/m1/s1. The van der Waals surface area contributed by atoms with Crippen LogP contribution >= 0.6 is 28.1 Å². The van der Waals surface area contributed by atoms with E-state index in [1.54, 1.807) is 0 Å². The van der Waals surface area contributed by atoms with E-state index in [9.17, 15) is 0 Å². The zero-order valence-electron chi connectivity index (χ0n) is 21.6. The van der Waals surface area contributed by atoms with Crippen molar-refractivity contribution in [2.24, 2.45) is 0 Å². The van der Waals surface area contributed by atoms with Crippen molar-refractivity contribution in [1.82, 2.24) is 14.9 Å². The van der Waals surface area contributed by atoms with Gasteiger partial charge in [0.05, 0.1) is 17.8 Å². The van der Waals surface area contributed by atoms with Gasteiger partial charge in [-0.25, -0.2) is 0 Å². The lowest BCUT2D eigenvalue weighted by Crippen LogP contribution is -2.29. The molecule has 0 bridgehead atoms. The first-order chi connectivity index (χ1) is 19.0. The third kappa shape index (κ3) is 4.95. The first kappa shape index (κ1) is 25.3. The van der Waals surface area contributed by atoms with Gasteiger partial charge >= 0.3 is 0 Å². The molecule has 0 radical (unpaired) electrons. The topological polar surface area (TPSA) is 42.3 Å². The van der Waals surface area contributed by atoms with E-state index in [0.717, 1.165) is 38.7 Å². The van der Waals surface area contributed by atoms with E-state index < -0.39 is 0 Å². The predicted octanol–water partition coefficient (Wildman–Crippen LogP) is 8.22. The minimum atomic E-state index is -0.113. The number of thiocarbonyl (C=S) groups is 1. The van der Waals surface area contributed by atoms with Crippen LogP contribution in [0.5, 0.6) is 11.5 Å². The number of para-hydroxylation sites is 1. The van der Waals surface area contributed by atoms with E-state index in [1.807, 2.05) is 60.8 Å². The van der Waals surface area contributed by atoms with Crippen molar-refractivity contribution in [1.29, 1.82) is 0 Å². The minimum Gasteiger partial charge on any atom is -0.457 e. The number of hydrogen-bond acceptors (Lipinski definition) is 3. The van der Waals surface area contributed by atoms with Gasteiger partial charge in [-0.3, -0.25) is 4.98 Å². The van der Waals surface area contributed by atoms with Gasteiger partial charge in [0.2, 0.25) is 0 Å². The van der Waals surface area contributed by atoms with Crippen LogP contribution in [0.15, 0.2) is 114 Å². The number of anilines is 1. The van der Waals surface area contributed by atoms with Gasteiger partial charge in [-0.1, -0.05) is 40.2 Å². The Balaban J connectivity index is 1.41. The van der Waals surface area contributed by atoms with Crippen molar-refractivity contribution in [3.05, 3.63) is 136 Å². The summed E-state index contributed by atoms with van der Waals surface area (Å²) in [5.41, 5.74) is 6.59. The highest BCUT2D eigenvalue weighted by Crippen LogP contribution is 2.44. The molecule has 5 nitrogen and oxygen atoms in total. The largest absolute Gasteiger partial charge is 0.457 e. The van der Waals surface area contributed by atoms with Crippen LogP contribution < -0.4 is 15.0 Å². The van der Waals surface area contributed by atoms with E-state index in [-0.39, 0.29) is 12.1 Å². The molecule has 5 aromatic rings. The van der Waals surface area contributed by atoms with Crippen LogP contribution in [0.2, 0.25) is 0 Å². The normalized spacial score (nSPS) is 16.8. The molecule has 39 heavy (non-hydrogen) atoms. The summed E-state index contributed by atoms with van der Waals surface area (Å²) in [6.45, 7) is 4.32. The van der Waals surface area contributed by atoms with Crippen LogP contribution in [-0.2, 0) is 0 Å². The Labute approximate surface area is 242 Å². The molecule has 0 spiro atoms. The number of hydrogen-bond donors (Lipinski definition) is 1. The van der Waals surface area contributed by atoms with Gasteiger partial charge in [0.15, 0.2) is 5.11 Å². The van der Waals surface area contributed by atoms with E-state index in [0.29, 0.717) is 5.11 Å². The van der Waals surface area contributed by atoms with Crippen LogP contribution in [-0.4, -0.2) is 14.7 Å². The fourth-order valence-electron chi connectivity index (χ4n) is 5.32. The van der Waals surface area contributed by atoms with Crippen LogP contribution in [0.25, 0.3) is 5.69 Å². The molecule has 0 saturated carbocycles. The van der Waals surface area contributed by atoms with Crippen molar-refractivity contribution in [2.75, 3.05) is 4.90 Å². The SMILES string of the molecule is Cc1cc([C@H]2[C@@H](c3ccccn3)NC(=S)N2c2ccc(Oc3ccccc3)cc2)c(C)n1-c1ccc(Br)cc1. The minimum absolute atomic E-state index is 0.0938. The summed E-state index contributed by atoms with van der Waals surface area (Å²) in [7, 11) is 0. The number of aryl methyl sites for hydroxylation is 1. The number of benzene rings is 3. The highest BCUT2D eigenvalue weighted by atomic mass is 79.9. The second-order valence-corrected chi connectivity index (χ2v) is 10.8. The van der Waals surface area contributed by atoms with Crippen molar-refractivity contribution < 1.29 is 4.74 Å². The molecular formula is C32H27BrN4OS. The van der Waals surface area contributed by atoms with Crippen LogP contribution in [0, 0.1) is 13.8 Å². The lowest BCUT2D eigenvalue weighted by atomic mass is 9.96. The lowest BCUT2D eigenvalue weighted by molar-refractivity contribution is 0.482. The number of pyridine rings is 1. The van der Waals surface area contributed by atoms with Crippen LogP contribution in [0.4, 0.5) is 5.69 Å². The summed E-state index contributed by atoms with van der Waals surface area (Å²) in [5, 5.41) is 4.24. The van der Waals surface area contributed by atoms with Crippen molar-refractivity contribution in [3.63, 3.8) is 0 Å². The molecule has 2 aromatic heterocycles. The highest BCUT2D eigenvalue weighted by Gasteiger charge is 2.42. The summed E-state index contributed by atoms with van der Waals surface area (Å²) in [6, 6.07) is 34.4. The molecule has 7 heteroatoms. The van der Waals surface area contributed by atoms with Gasteiger partial charge < -0.3 is 19.5 Å². The molecule has 1 saturated heterocycles. The van der Waals surface area contributed by atoms with Gasteiger partial charge in [0.1, 0.15) is 11.5 Å². The third-order valence-corrected chi connectivity index (χ3v) is 7.91. The Morgan fingerprint density at radius 2 is 1.49 bits per heavy atom. The number of halogens is 1. The Kier molecular flexibility index (Phi) is 6.94. The second kappa shape index (κ2) is 10.7. The zero-order chi connectivity index (χ0) is 26.9. The van der Waals surface area contributed by atoms with Crippen molar-refractivity contribution in [2.45, 2.75) is 25.9 Å². The molecule has 6 rings (SSSR count). The molecule has 1 aliphatic heterocycles. The van der Waals surface area contributed by atoms with E-state index in [1.165, 1.54) is 11.3 Å². The Bertz CT molecular complexity index is 1600. The van der Waals surface area contributed by atoms with E-state index in [2.05, 4.69) is 93.1 Å². The number of aromatic nitrogens is 2. The number of nitrogens with one attached hydrogen (secondary N) is 1. The van der Waals surface area contributed by atoms with Gasteiger partial charge in [-0.05, 0) is 110 Å².